The minimum atomic E-state index is -0.0479. The Kier molecular flexibility index (Phi) is 5.08. The molecular weight excluding hydrogens is 300 g/mol. The predicted molar refractivity (Wildman–Crippen MR) is 96.1 cm³/mol. The minimum Gasteiger partial charge on any atom is -0.350 e. The van der Waals surface area contributed by atoms with E-state index in [1.54, 1.807) is 0 Å². The molecule has 1 aliphatic rings. The summed E-state index contributed by atoms with van der Waals surface area (Å²) < 4.78 is 0. The predicted octanol–water partition coefficient (Wildman–Crippen LogP) is 3.27. The van der Waals surface area contributed by atoms with E-state index in [4.69, 9.17) is 0 Å². The van der Waals surface area contributed by atoms with Crippen molar-refractivity contribution in [2.75, 3.05) is 18.0 Å². The Bertz CT molecular complexity index is 674. The SMILES string of the molecule is CC(C)NC(=O)c1ccc(-c2cnc(N3CCCCC3)nc2)cc1. The zero-order valence-electron chi connectivity index (χ0n) is 14.3. The van der Waals surface area contributed by atoms with E-state index in [2.05, 4.69) is 20.2 Å². The lowest BCUT2D eigenvalue weighted by molar-refractivity contribution is 0.0943. The van der Waals surface area contributed by atoms with Gasteiger partial charge >= 0.3 is 0 Å². The topological polar surface area (TPSA) is 58.1 Å². The van der Waals surface area contributed by atoms with Gasteiger partial charge in [0.1, 0.15) is 0 Å². The smallest absolute Gasteiger partial charge is 0.251 e. The summed E-state index contributed by atoms with van der Waals surface area (Å²) in [6, 6.07) is 7.69. The van der Waals surface area contributed by atoms with Crippen LogP contribution in [0.25, 0.3) is 11.1 Å². The largest absolute Gasteiger partial charge is 0.350 e. The number of rotatable bonds is 4. The van der Waals surface area contributed by atoms with Crippen molar-refractivity contribution in [2.24, 2.45) is 0 Å². The first kappa shape index (κ1) is 16.4. The number of carbonyl (C=O) groups is 1. The Morgan fingerprint density at radius 1 is 1.00 bits per heavy atom. The summed E-state index contributed by atoms with van der Waals surface area (Å²) in [5.41, 5.74) is 2.64. The van der Waals surface area contributed by atoms with Gasteiger partial charge in [-0.15, -0.1) is 0 Å². The van der Waals surface area contributed by atoms with Gasteiger partial charge in [0.25, 0.3) is 5.91 Å². The van der Waals surface area contributed by atoms with Crippen LogP contribution in [-0.4, -0.2) is 35.0 Å². The number of nitrogens with zero attached hydrogens (tertiary/aromatic N) is 3. The second kappa shape index (κ2) is 7.43. The molecule has 0 radical (unpaired) electrons. The average Bonchev–Trinajstić information content (AvgIpc) is 2.62. The highest BCUT2D eigenvalue weighted by molar-refractivity contribution is 5.94. The molecular formula is C19H24N4O. The fourth-order valence-electron chi connectivity index (χ4n) is 2.89. The van der Waals surface area contributed by atoms with E-state index in [1.807, 2.05) is 50.5 Å². The lowest BCUT2D eigenvalue weighted by Gasteiger charge is -2.26. The first-order chi connectivity index (χ1) is 11.6. The third-order valence-corrected chi connectivity index (χ3v) is 4.18. The molecule has 2 heterocycles. The van der Waals surface area contributed by atoms with Crippen LogP contribution >= 0.6 is 0 Å². The van der Waals surface area contributed by atoms with E-state index in [1.165, 1.54) is 19.3 Å². The van der Waals surface area contributed by atoms with Crippen LogP contribution in [0.3, 0.4) is 0 Å². The summed E-state index contributed by atoms with van der Waals surface area (Å²) in [5, 5.41) is 2.89. The number of aromatic nitrogens is 2. The van der Waals surface area contributed by atoms with Crippen molar-refractivity contribution in [3.05, 3.63) is 42.2 Å². The molecule has 2 aromatic rings. The van der Waals surface area contributed by atoms with Gasteiger partial charge in [0.2, 0.25) is 5.95 Å². The molecule has 1 saturated heterocycles. The molecule has 1 aliphatic heterocycles. The van der Waals surface area contributed by atoms with E-state index < -0.39 is 0 Å². The van der Waals surface area contributed by atoms with Crippen LogP contribution in [0.4, 0.5) is 5.95 Å². The number of nitrogens with one attached hydrogen (secondary N) is 1. The summed E-state index contributed by atoms with van der Waals surface area (Å²) in [4.78, 5) is 23.2. The van der Waals surface area contributed by atoms with Gasteiger partial charge in [-0.3, -0.25) is 4.79 Å². The molecule has 126 valence electrons. The highest BCUT2D eigenvalue weighted by atomic mass is 16.1. The number of hydrogen-bond acceptors (Lipinski definition) is 4. The molecule has 0 spiro atoms. The third-order valence-electron chi connectivity index (χ3n) is 4.18. The molecule has 0 aliphatic carbocycles. The van der Waals surface area contributed by atoms with Crippen LogP contribution in [0, 0.1) is 0 Å². The quantitative estimate of drug-likeness (QED) is 0.938. The van der Waals surface area contributed by atoms with Crippen molar-refractivity contribution in [3.8, 4) is 11.1 Å². The van der Waals surface area contributed by atoms with Crippen molar-refractivity contribution in [1.29, 1.82) is 0 Å². The second-order valence-electron chi connectivity index (χ2n) is 6.52. The first-order valence-electron chi connectivity index (χ1n) is 8.62. The number of hydrogen-bond donors (Lipinski definition) is 1. The van der Waals surface area contributed by atoms with E-state index in [9.17, 15) is 4.79 Å². The molecule has 0 bridgehead atoms. The first-order valence-corrected chi connectivity index (χ1v) is 8.62. The van der Waals surface area contributed by atoms with Crippen LogP contribution in [0.2, 0.25) is 0 Å². The standard InChI is InChI=1S/C19H24N4O/c1-14(2)22-18(24)16-8-6-15(7-9-16)17-12-20-19(21-13-17)23-10-4-3-5-11-23/h6-9,12-14H,3-5,10-11H2,1-2H3,(H,22,24). The van der Waals surface area contributed by atoms with Gasteiger partial charge in [0.05, 0.1) is 0 Å². The monoisotopic (exact) mass is 324 g/mol. The number of amides is 1. The Hall–Kier alpha value is -2.43. The van der Waals surface area contributed by atoms with Crippen LogP contribution in [-0.2, 0) is 0 Å². The number of anilines is 1. The maximum atomic E-state index is 12.0. The Balaban J connectivity index is 1.71. The lowest BCUT2D eigenvalue weighted by atomic mass is 10.1. The molecule has 1 fully saturated rings. The maximum Gasteiger partial charge on any atom is 0.251 e. The van der Waals surface area contributed by atoms with E-state index in [0.29, 0.717) is 5.56 Å². The molecule has 0 unspecified atom stereocenters. The summed E-state index contributed by atoms with van der Waals surface area (Å²) in [6.07, 6.45) is 7.45. The molecule has 5 nitrogen and oxygen atoms in total. The highest BCUT2D eigenvalue weighted by Crippen LogP contribution is 2.21. The Morgan fingerprint density at radius 3 is 2.21 bits per heavy atom. The van der Waals surface area contributed by atoms with Gasteiger partial charge in [-0.25, -0.2) is 9.97 Å². The molecule has 1 amide bonds. The number of benzene rings is 1. The van der Waals surface area contributed by atoms with Gasteiger partial charge in [0.15, 0.2) is 0 Å². The Labute approximate surface area is 143 Å². The van der Waals surface area contributed by atoms with Gasteiger partial charge in [-0.2, -0.15) is 0 Å². The molecule has 1 aromatic heterocycles. The van der Waals surface area contributed by atoms with Gasteiger partial charge in [-0.05, 0) is 50.8 Å². The Morgan fingerprint density at radius 2 is 1.62 bits per heavy atom. The fourth-order valence-corrected chi connectivity index (χ4v) is 2.89. The van der Waals surface area contributed by atoms with Crippen molar-refractivity contribution >= 4 is 11.9 Å². The summed E-state index contributed by atoms with van der Waals surface area (Å²) in [7, 11) is 0. The van der Waals surface area contributed by atoms with Crippen LogP contribution in [0.5, 0.6) is 0 Å². The van der Waals surface area contributed by atoms with E-state index in [-0.39, 0.29) is 11.9 Å². The minimum absolute atomic E-state index is 0.0479. The third kappa shape index (κ3) is 3.91. The van der Waals surface area contributed by atoms with E-state index in [0.717, 1.165) is 30.2 Å². The molecule has 1 aromatic carbocycles. The van der Waals surface area contributed by atoms with Crippen LogP contribution < -0.4 is 10.2 Å². The summed E-state index contributed by atoms with van der Waals surface area (Å²) >= 11 is 0. The molecule has 24 heavy (non-hydrogen) atoms. The molecule has 5 heteroatoms. The zero-order valence-corrected chi connectivity index (χ0v) is 14.3. The maximum absolute atomic E-state index is 12.0. The normalized spacial score (nSPS) is 14.7. The van der Waals surface area contributed by atoms with Gasteiger partial charge in [0, 0.05) is 42.7 Å². The zero-order chi connectivity index (χ0) is 16.9. The van der Waals surface area contributed by atoms with Crippen LogP contribution in [0.1, 0.15) is 43.5 Å². The van der Waals surface area contributed by atoms with Gasteiger partial charge in [-0.1, -0.05) is 12.1 Å². The summed E-state index contributed by atoms with van der Waals surface area (Å²) in [6.45, 7) is 5.99. The number of piperidine rings is 1. The second-order valence-corrected chi connectivity index (χ2v) is 6.52. The molecule has 1 N–H and O–H groups in total. The van der Waals surface area contributed by atoms with Crippen molar-refractivity contribution < 1.29 is 4.79 Å². The molecule has 0 atom stereocenters. The van der Waals surface area contributed by atoms with Gasteiger partial charge < -0.3 is 10.2 Å². The average molecular weight is 324 g/mol. The number of carbonyl (C=O) groups excluding carboxylic acids is 1. The highest BCUT2D eigenvalue weighted by Gasteiger charge is 2.13. The van der Waals surface area contributed by atoms with Crippen molar-refractivity contribution in [1.82, 2.24) is 15.3 Å². The lowest BCUT2D eigenvalue weighted by Crippen LogP contribution is -2.30. The molecule has 3 rings (SSSR count). The van der Waals surface area contributed by atoms with E-state index >= 15 is 0 Å². The van der Waals surface area contributed by atoms with Crippen LogP contribution in [0.15, 0.2) is 36.7 Å². The van der Waals surface area contributed by atoms with Crippen molar-refractivity contribution in [2.45, 2.75) is 39.2 Å². The fraction of sp³-hybridized carbons (Fsp3) is 0.421. The van der Waals surface area contributed by atoms with Crippen molar-refractivity contribution in [3.63, 3.8) is 0 Å². The molecule has 0 saturated carbocycles. The summed E-state index contributed by atoms with van der Waals surface area (Å²) in [5.74, 6) is 0.764.